The van der Waals surface area contributed by atoms with E-state index in [0.29, 0.717) is 6.61 Å². The minimum absolute atomic E-state index is 0.0440. The summed E-state index contributed by atoms with van der Waals surface area (Å²) < 4.78 is 5.70. The van der Waals surface area contributed by atoms with Crippen LogP contribution in [0, 0.1) is 0 Å². The molecule has 0 aliphatic heterocycles. The highest BCUT2D eigenvalue weighted by atomic mass is 16.5. The molecule has 1 N–H and O–H groups in total. The molecule has 2 aromatic carbocycles. The molecule has 94 valence electrons. The Labute approximate surface area is 108 Å². The van der Waals surface area contributed by atoms with Gasteiger partial charge in [-0.1, -0.05) is 43.3 Å². The highest BCUT2D eigenvalue weighted by molar-refractivity contribution is 5.29. The Morgan fingerprint density at radius 3 is 2.33 bits per heavy atom. The Kier molecular flexibility index (Phi) is 4.37. The van der Waals surface area contributed by atoms with Crippen molar-refractivity contribution in [2.75, 3.05) is 0 Å². The lowest BCUT2D eigenvalue weighted by molar-refractivity contribution is 0.278. The molecule has 0 aromatic heterocycles. The second kappa shape index (κ2) is 6.22. The van der Waals surface area contributed by atoms with Crippen LogP contribution in [0.15, 0.2) is 48.5 Å². The lowest BCUT2D eigenvalue weighted by Gasteiger charge is -2.08. The number of benzene rings is 2. The molecule has 2 nitrogen and oxygen atoms in total. The second-order valence-electron chi connectivity index (χ2n) is 4.26. The van der Waals surface area contributed by atoms with E-state index in [-0.39, 0.29) is 6.61 Å². The number of aliphatic hydroxyl groups is 1. The predicted molar refractivity (Wildman–Crippen MR) is 72.5 cm³/mol. The summed E-state index contributed by atoms with van der Waals surface area (Å²) in [5.74, 6) is 0.793. The van der Waals surface area contributed by atoms with Gasteiger partial charge in [-0.25, -0.2) is 0 Å². The predicted octanol–water partition coefficient (Wildman–Crippen LogP) is 3.32. The third-order valence-corrected chi connectivity index (χ3v) is 2.92. The van der Waals surface area contributed by atoms with Crippen LogP contribution in [0.1, 0.15) is 23.6 Å². The maximum atomic E-state index is 9.05. The summed E-state index contributed by atoms with van der Waals surface area (Å²) in [4.78, 5) is 0. The van der Waals surface area contributed by atoms with Gasteiger partial charge in [0.25, 0.3) is 0 Å². The van der Waals surface area contributed by atoms with Crippen LogP contribution in [0.2, 0.25) is 0 Å². The topological polar surface area (TPSA) is 29.5 Å². The second-order valence-corrected chi connectivity index (χ2v) is 4.26. The number of ether oxygens (including phenoxy) is 1. The summed E-state index contributed by atoms with van der Waals surface area (Å²) in [6, 6.07) is 16.0. The average molecular weight is 242 g/mol. The number of rotatable bonds is 5. The van der Waals surface area contributed by atoms with E-state index in [1.165, 1.54) is 5.56 Å². The van der Waals surface area contributed by atoms with E-state index in [4.69, 9.17) is 9.84 Å². The van der Waals surface area contributed by atoms with Crippen molar-refractivity contribution in [3.05, 3.63) is 65.2 Å². The number of aliphatic hydroxyl groups excluding tert-OH is 1. The van der Waals surface area contributed by atoms with Crippen molar-refractivity contribution in [1.82, 2.24) is 0 Å². The molecular formula is C16H18O2. The van der Waals surface area contributed by atoms with Gasteiger partial charge in [0, 0.05) is 0 Å². The fraction of sp³-hybridized carbons (Fsp3) is 0.250. The van der Waals surface area contributed by atoms with Gasteiger partial charge in [0.2, 0.25) is 0 Å². The van der Waals surface area contributed by atoms with E-state index in [1.807, 2.05) is 24.3 Å². The van der Waals surface area contributed by atoms with Gasteiger partial charge in [0.05, 0.1) is 6.61 Å². The standard InChI is InChI=1S/C16H18O2/c1-2-13-6-8-14(9-7-13)12-18-16-5-3-4-15(10-16)11-17/h3-10,17H,2,11-12H2,1H3. The molecule has 0 bridgehead atoms. The first kappa shape index (κ1) is 12.7. The lowest BCUT2D eigenvalue weighted by atomic mass is 10.1. The molecule has 0 aliphatic rings. The van der Waals surface area contributed by atoms with Crippen LogP contribution in [0.5, 0.6) is 5.75 Å². The molecular weight excluding hydrogens is 224 g/mol. The van der Waals surface area contributed by atoms with Crippen molar-refractivity contribution < 1.29 is 9.84 Å². The van der Waals surface area contributed by atoms with Gasteiger partial charge in [-0.3, -0.25) is 0 Å². The van der Waals surface area contributed by atoms with Crippen molar-refractivity contribution in [3.8, 4) is 5.75 Å². The number of aryl methyl sites for hydroxylation is 1. The highest BCUT2D eigenvalue weighted by Gasteiger charge is 1.98. The smallest absolute Gasteiger partial charge is 0.120 e. The maximum Gasteiger partial charge on any atom is 0.120 e. The van der Waals surface area contributed by atoms with Crippen molar-refractivity contribution in [1.29, 1.82) is 0 Å². The Balaban J connectivity index is 1.97. The first-order valence-electron chi connectivity index (χ1n) is 6.22. The van der Waals surface area contributed by atoms with E-state index in [0.717, 1.165) is 23.3 Å². The molecule has 0 heterocycles. The molecule has 0 aliphatic carbocycles. The molecule has 0 unspecified atom stereocenters. The number of hydrogen-bond donors (Lipinski definition) is 1. The van der Waals surface area contributed by atoms with E-state index in [1.54, 1.807) is 0 Å². The molecule has 0 atom stereocenters. The number of hydrogen-bond acceptors (Lipinski definition) is 2. The Morgan fingerprint density at radius 1 is 0.944 bits per heavy atom. The van der Waals surface area contributed by atoms with Crippen LogP contribution in [-0.4, -0.2) is 5.11 Å². The molecule has 2 aromatic rings. The first-order chi connectivity index (χ1) is 8.81. The van der Waals surface area contributed by atoms with E-state index in [9.17, 15) is 0 Å². The summed E-state index contributed by atoms with van der Waals surface area (Å²) in [6.07, 6.45) is 1.06. The monoisotopic (exact) mass is 242 g/mol. The quantitative estimate of drug-likeness (QED) is 0.871. The van der Waals surface area contributed by atoms with Crippen LogP contribution in [-0.2, 0) is 19.6 Å². The van der Waals surface area contributed by atoms with Crippen LogP contribution >= 0.6 is 0 Å². The van der Waals surface area contributed by atoms with Gasteiger partial charge in [-0.05, 0) is 35.2 Å². The van der Waals surface area contributed by atoms with Crippen LogP contribution in [0.25, 0.3) is 0 Å². The zero-order chi connectivity index (χ0) is 12.8. The van der Waals surface area contributed by atoms with Crippen molar-refractivity contribution >= 4 is 0 Å². The molecule has 0 amide bonds. The average Bonchev–Trinajstić information content (AvgIpc) is 2.46. The molecule has 2 rings (SSSR count). The lowest BCUT2D eigenvalue weighted by Crippen LogP contribution is -1.96. The Morgan fingerprint density at radius 2 is 1.67 bits per heavy atom. The van der Waals surface area contributed by atoms with Gasteiger partial charge in [0.15, 0.2) is 0 Å². The van der Waals surface area contributed by atoms with E-state index < -0.39 is 0 Å². The summed E-state index contributed by atoms with van der Waals surface area (Å²) >= 11 is 0. The molecule has 0 saturated carbocycles. The van der Waals surface area contributed by atoms with Crippen LogP contribution in [0.4, 0.5) is 0 Å². The Hall–Kier alpha value is -1.80. The van der Waals surface area contributed by atoms with Crippen LogP contribution in [0.3, 0.4) is 0 Å². The maximum absolute atomic E-state index is 9.05. The fourth-order valence-electron chi connectivity index (χ4n) is 1.77. The molecule has 2 heteroatoms. The summed E-state index contributed by atoms with van der Waals surface area (Å²) in [6.45, 7) is 2.74. The third-order valence-electron chi connectivity index (χ3n) is 2.92. The van der Waals surface area contributed by atoms with Gasteiger partial charge in [-0.2, -0.15) is 0 Å². The van der Waals surface area contributed by atoms with Gasteiger partial charge in [0.1, 0.15) is 12.4 Å². The minimum Gasteiger partial charge on any atom is -0.489 e. The highest BCUT2D eigenvalue weighted by Crippen LogP contribution is 2.15. The van der Waals surface area contributed by atoms with Crippen molar-refractivity contribution in [2.45, 2.75) is 26.6 Å². The zero-order valence-corrected chi connectivity index (χ0v) is 10.6. The molecule has 0 radical (unpaired) electrons. The molecule has 0 spiro atoms. The third kappa shape index (κ3) is 3.34. The van der Waals surface area contributed by atoms with E-state index >= 15 is 0 Å². The summed E-state index contributed by atoms with van der Waals surface area (Å²) in [5.41, 5.74) is 3.36. The molecule has 18 heavy (non-hydrogen) atoms. The SMILES string of the molecule is CCc1ccc(COc2cccc(CO)c2)cc1. The Bertz CT molecular complexity index is 489. The minimum atomic E-state index is 0.0440. The fourth-order valence-corrected chi connectivity index (χ4v) is 1.77. The van der Waals surface area contributed by atoms with Gasteiger partial charge in [-0.15, -0.1) is 0 Å². The van der Waals surface area contributed by atoms with Crippen molar-refractivity contribution in [2.24, 2.45) is 0 Å². The van der Waals surface area contributed by atoms with Crippen molar-refractivity contribution in [3.63, 3.8) is 0 Å². The zero-order valence-electron chi connectivity index (χ0n) is 10.6. The van der Waals surface area contributed by atoms with Gasteiger partial charge < -0.3 is 9.84 Å². The summed E-state index contributed by atoms with van der Waals surface area (Å²) in [5, 5.41) is 9.05. The van der Waals surface area contributed by atoms with E-state index in [2.05, 4.69) is 31.2 Å². The molecule has 0 saturated heterocycles. The van der Waals surface area contributed by atoms with Gasteiger partial charge >= 0.3 is 0 Å². The normalized spacial score (nSPS) is 10.3. The largest absolute Gasteiger partial charge is 0.489 e. The first-order valence-corrected chi connectivity index (χ1v) is 6.22. The molecule has 0 fully saturated rings. The van der Waals surface area contributed by atoms with Crippen LogP contribution < -0.4 is 4.74 Å². The summed E-state index contributed by atoms with van der Waals surface area (Å²) in [7, 11) is 0.